The first-order chi connectivity index (χ1) is 16.3. The van der Waals surface area contributed by atoms with E-state index in [1.807, 2.05) is 43.3 Å². The van der Waals surface area contributed by atoms with Gasteiger partial charge in [-0.2, -0.15) is 0 Å². The number of hydrogen-bond donors (Lipinski definition) is 0. The van der Waals surface area contributed by atoms with E-state index in [0.717, 1.165) is 27.4 Å². The Morgan fingerprint density at radius 3 is 2.38 bits per heavy atom. The fourth-order valence-electron chi connectivity index (χ4n) is 3.27. The fraction of sp³-hybridized carbons (Fsp3) is 0.115. The van der Waals surface area contributed by atoms with Crippen LogP contribution in [-0.2, 0) is 11.3 Å². The number of methoxy groups -OCH3 is 1. The van der Waals surface area contributed by atoms with Crippen LogP contribution in [0.1, 0.15) is 27.0 Å². The molecule has 0 saturated carbocycles. The van der Waals surface area contributed by atoms with E-state index in [9.17, 15) is 14.4 Å². The Morgan fingerprint density at radius 1 is 1.00 bits per heavy atom. The van der Waals surface area contributed by atoms with Gasteiger partial charge >= 0.3 is 5.97 Å². The molecule has 1 aliphatic rings. The van der Waals surface area contributed by atoms with E-state index in [2.05, 4.69) is 15.9 Å². The van der Waals surface area contributed by atoms with Crippen molar-refractivity contribution in [2.75, 3.05) is 7.11 Å². The molecule has 0 aliphatic carbocycles. The number of aryl methyl sites for hydroxylation is 1. The summed E-state index contributed by atoms with van der Waals surface area (Å²) in [4.78, 5) is 39.4. The van der Waals surface area contributed by atoms with Crippen molar-refractivity contribution in [3.05, 3.63) is 98.4 Å². The molecule has 2 amide bonds. The lowest BCUT2D eigenvalue weighted by Gasteiger charge is -2.12. The predicted octanol–water partition coefficient (Wildman–Crippen LogP) is 6.22. The van der Waals surface area contributed by atoms with E-state index in [1.54, 1.807) is 36.4 Å². The van der Waals surface area contributed by atoms with Gasteiger partial charge in [-0.15, -0.1) is 0 Å². The van der Waals surface area contributed by atoms with Crippen LogP contribution in [0.15, 0.2) is 76.1 Å². The van der Waals surface area contributed by atoms with E-state index in [4.69, 9.17) is 9.47 Å². The van der Waals surface area contributed by atoms with E-state index in [1.165, 1.54) is 12.0 Å². The molecule has 0 bridgehead atoms. The highest BCUT2D eigenvalue weighted by Gasteiger charge is 2.35. The lowest BCUT2D eigenvalue weighted by Crippen LogP contribution is -2.27. The summed E-state index contributed by atoms with van der Waals surface area (Å²) in [5.74, 6) is -0.297. The molecule has 1 saturated heterocycles. The summed E-state index contributed by atoms with van der Waals surface area (Å²) < 4.78 is 11.8. The summed E-state index contributed by atoms with van der Waals surface area (Å²) in [5.41, 5.74) is 2.89. The summed E-state index contributed by atoms with van der Waals surface area (Å²) in [6.07, 6.45) is 1.61. The van der Waals surface area contributed by atoms with Gasteiger partial charge in [-0.1, -0.05) is 51.8 Å². The highest BCUT2D eigenvalue weighted by Crippen LogP contribution is 2.35. The molecular formula is C26H20BrNO5S. The summed E-state index contributed by atoms with van der Waals surface area (Å²) in [6.45, 7) is 2.12. The van der Waals surface area contributed by atoms with Gasteiger partial charge in [-0.05, 0) is 72.3 Å². The number of rotatable bonds is 6. The van der Waals surface area contributed by atoms with E-state index < -0.39 is 5.97 Å². The minimum absolute atomic E-state index is 0.192. The van der Waals surface area contributed by atoms with Crippen molar-refractivity contribution in [3.63, 3.8) is 0 Å². The highest BCUT2D eigenvalue weighted by molar-refractivity contribution is 9.10. The van der Waals surface area contributed by atoms with E-state index in [0.29, 0.717) is 21.8 Å². The maximum atomic E-state index is 12.9. The van der Waals surface area contributed by atoms with Crippen LogP contribution in [0.4, 0.5) is 4.79 Å². The molecule has 3 aromatic carbocycles. The molecular weight excluding hydrogens is 518 g/mol. The van der Waals surface area contributed by atoms with Crippen molar-refractivity contribution in [3.8, 4) is 11.5 Å². The topological polar surface area (TPSA) is 72.9 Å². The second-order valence-electron chi connectivity index (χ2n) is 7.56. The molecule has 1 aliphatic heterocycles. The van der Waals surface area contributed by atoms with Gasteiger partial charge < -0.3 is 9.47 Å². The molecule has 0 aromatic heterocycles. The number of amides is 2. The van der Waals surface area contributed by atoms with Gasteiger partial charge in [0.15, 0.2) is 11.5 Å². The van der Waals surface area contributed by atoms with Crippen molar-refractivity contribution in [1.29, 1.82) is 0 Å². The van der Waals surface area contributed by atoms with Crippen LogP contribution in [0, 0.1) is 6.92 Å². The number of carbonyl (C=O) groups excluding carboxylic acids is 3. The van der Waals surface area contributed by atoms with E-state index in [-0.39, 0.29) is 23.4 Å². The third-order valence-corrected chi connectivity index (χ3v) is 6.54. The molecule has 0 N–H and O–H groups in total. The summed E-state index contributed by atoms with van der Waals surface area (Å²) in [7, 11) is 1.48. The minimum Gasteiger partial charge on any atom is -0.493 e. The molecule has 0 unspecified atom stereocenters. The van der Waals surface area contributed by atoms with Crippen LogP contribution < -0.4 is 9.47 Å². The van der Waals surface area contributed by atoms with Crippen LogP contribution in [0.5, 0.6) is 11.5 Å². The molecule has 8 heteroatoms. The fourth-order valence-corrected chi connectivity index (χ4v) is 4.37. The summed E-state index contributed by atoms with van der Waals surface area (Å²) in [5, 5.41) is -0.335. The number of benzene rings is 3. The Labute approximate surface area is 209 Å². The number of ether oxygens (including phenoxy) is 2. The first-order valence-corrected chi connectivity index (χ1v) is 11.9. The third kappa shape index (κ3) is 5.40. The quantitative estimate of drug-likeness (QED) is 0.211. The Balaban J connectivity index is 1.54. The Morgan fingerprint density at radius 2 is 1.71 bits per heavy atom. The molecule has 3 aromatic rings. The average Bonchev–Trinajstić information content (AvgIpc) is 3.08. The lowest BCUT2D eigenvalue weighted by molar-refractivity contribution is -0.123. The van der Waals surface area contributed by atoms with Crippen LogP contribution in [0.2, 0.25) is 0 Å². The molecule has 0 atom stereocenters. The second kappa shape index (κ2) is 10.3. The van der Waals surface area contributed by atoms with Crippen molar-refractivity contribution in [2.45, 2.75) is 13.5 Å². The zero-order valence-corrected chi connectivity index (χ0v) is 20.8. The van der Waals surface area contributed by atoms with Crippen LogP contribution in [0.25, 0.3) is 6.08 Å². The maximum absolute atomic E-state index is 12.9. The molecule has 1 fully saturated rings. The molecule has 0 radical (unpaired) electrons. The number of imide groups is 1. The zero-order chi connectivity index (χ0) is 24.2. The van der Waals surface area contributed by atoms with E-state index >= 15 is 0 Å². The second-order valence-corrected chi connectivity index (χ2v) is 9.47. The van der Waals surface area contributed by atoms with Gasteiger partial charge in [0.05, 0.1) is 24.1 Å². The van der Waals surface area contributed by atoms with Gasteiger partial charge in [0.25, 0.3) is 11.1 Å². The predicted molar refractivity (Wildman–Crippen MR) is 135 cm³/mol. The first kappa shape index (κ1) is 23.8. The Bertz CT molecular complexity index is 1290. The van der Waals surface area contributed by atoms with Crippen molar-refractivity contribution in [1.82, 2.24) is 4.90 Å². The number of halogens is 1. The third-order valence-electron chi connectivity index (χ3n) is 5.10. The number of nitrogens with zero attached hydrogens (tertiary/aromatic N) is 1. The minimum atomic E-state index is -0.523. The highest BCUT2D eigenvalue weighted by atomic mass is 79.9. The maximum Gasteiger partial charge on any atom is 0.343 e. The summed E-state index contributed by atoms with van der Waals surface area (Å²) >= 11 is 4.25. The average molecular weight is 538 g/mol. The van der Waals surface area contributed by atoms with Crippen LogP contribution >= 0.6 is 27.7 Å². The molecule has 172 valence electrons. The van der Waals surface area contributed by atoms with Crippen molar-refractivity contribution >= 4 is 50.9 Å². The zero-order valence-electron chi connectivity index (χ0n) is 18.4. The number of esters is 1. The first-order valence-electron chi connectivity index (χ1n) is 10.3. The van der Waals surface area contributed by atoms with Gasteiger partial charge in [0.1, 0.15) is 0 Å². The summed E-state index contributed by atoms with van der Waals surface area (Å²) in [6, 6.07) is 19.5. The van der Waals surface area contributed by atoms with Crippen LogP contribution in [0.3, 0.4) is 0 Å². The lowest BCUT2D eigenvalue weighted by atomic mass is 10.1. The Hall–Kier alpha value is -3.36. The standard InChI is InChI=1S/C26H20BrNO5S/c1-16-3-8-19(9-4-16)25(30)33-22-13-18(7-12-21(22)32-2)14-23-24(29)28(26(31)34-23)15-17-5-10-20(27)11-6-17/h3-14H,15H2,1-2H3/b23-14-. The number of thioether (sulfide) groups is 1. The van der Waals surface area contributed by atoms with Gasteiger partial charge in [0, 0.05) is 4.47 Å². The van der Waals surface area contributed by atoms with Gasteiger partial charge in [-0.3, -0.25) is 14.5 Å². The monoisotopic (exact) mass is 537 g/mol. The van der Waals surface area contributed by atoms with Crippen LogP contribution in [-0.4, -0.2) is 29.1 Å². The molecule has 0 spiro atoms. The van der Waals surface area contributed by atoms with Crippen molar-refractivity contribution in [2.24, 2.45) is 0 Å². The number of hydrogen-bond acceptors (Lipinski definition) is 6. The Kier molecular flexibility index (Phi) is 7.19. The SMILES string of the molecule is COc1ccc(/C=C2\SC(=O)N(Cc3ccc(Br)cc3)C2=O)cc1OC(=O)c1ccc(C)cc1. The molecule has 34 heavy (non-hydrogen) atoms. The smallest absolute Gasteiger partial charge is 0.343 e. The molecule has 1 heterocycles. The normalized spacial score (nSPS) is 14.6. The molecule has 4 rings (SSSR count). The van der Waals surface area contributed by atoms with Gasteiger partial charge in [-0.25, -0.2) is 4.79 Å². The largest absolute Gasteiger partial charge is 0.493 e. The van der Waals surface area contributed by atoms with Crippen molar-refractivity contribution < 1.29 is 23.9 Å². The molecule has 6 nitrogen and oxygen atoms in total. The van der Waals surface area contributed by atoms with Gasteiger partial charge in [0.2, 0.25) is 0 Å². The number of carbonyl (C=O) groups is 3.